The fraction of sp³-hybridized carbons (Fsp3) is 0.440. The fourth-order valence-electron chi connectivity index (χ4n) is 4.11. The summed E-state index contributed by atoms with van der Waals surface area (Å²) in [6.45, 7) is 6.90. The molecule has 1 fully saturated rings. The summed E-state index contributed by atoms with van der Waals surface area (Å²) in [6.07, 6.45) is 2.33. The van der Waals surface area contributed by atoms with Gasteiger partial charge in [-0.15, -0.1) is 0 Å². The molecule has 4 rings (SSSR count). The molecule has 32 heavy (non-hydrogen) atoms. The van der Waals surface area contributed by atoms with Crippen LogP contribution in [0.25, 0.3) is 0 Å². The third-order valence-electron chi connectivity index (χ3n) is 6.01. The molecule has 0 bridgehead atoms. The second-order valence-electron chi connectivity index (χ2n) is 9.51. The topological polar surface area (TPSA) is 102 Å². The van der Waals surface area contributed by atoms with Crippen LogP contribution in [0.3, 0.4) is 0 Å². The van der Waals surface area contributed by atoms with Gasteiger partial charge < -0.3 is 15.0 Å². The number of methoxy groups -OCH3 is 1. The molecular weight excluding hydrogens is 402 g/mol. The molecule has 0 radical (unpaired) electrons. The van der Waals surface area contributed by atoms with E-state index in [4.69, 9.17) is 20.4 Å². The molecule has 2 N–H and O–H groups in total. The number of anilines is 1. The maximum Gasteiger partial charge on any atom is 0.182 e. The minimum atomic E-state index is -0.259. The van der Waals surface area contributed by atoms with E-state index in [0.29, 0.717) is 41.0 Å². The molecule has 0 saturated heterocycles. The summed E-state index contributed by atoms with van der Waals surface area (Å²) in [5, 5.41) is 20.6. The third-order valence-corrected chi connectivity index (χ3v) is 6.01. The Morgan fingerprint density at radius 3 is 2.72 bits per heavy atom. The second kappa shape index (κ2) is 8.27. The minimum Gasteiger partial charge on any atom is -0.494 e. The van der Waals surface area contributed by atoms with Crippen LogP contribution in [0.4, 0.5) is 5.69 Å². The Bertz CT molecular complexity index is 1120. The standard InChI is InChI=1S/C25H29N5O2/c1-25(2,3)18-11-17(12-20(23(18)32-4)28-10-9-26)21(31)14-30-13-16-7-8-19(15-5-6-15)29-22(16)24(30)27/h7-8,11-12,15,27-28H,5-6,10,13-14H2,1-4H3. The van der Waals surface area contributed by atoms with E-state index >= 15 is 0 Å². The van der Waals surface area contributed by atoms with Crippen molar-refractivity contribution in [1.82, 2.24) is 9.88 Å². The van der Waals surface area contributed by atoms with Crippen LogP contribution in [0.1, 0.15) is 72.4 Å². The smallest absolute Gasteiger partial charge is 0.182 e. The summed E-state index contributed by atoms with van der Waals surface area (Å²) >= 11 is 0. The molecule has 7 nitrogen and oxygen atoms in total. The van der Waals surface area contributed by atoms with Gasteiger partial charge in [0, 0.05) is 34.8 Å². The van der Waals surface area contributed by atoms with Crippen LogP contribution in [0.2, 0.25) is 0 Å². The first-order chi connectivity index (χ1) is 15.2. The highest BCUT2D eigenvalue weighted by molar-refractivity contribution is 6.05. The van der Waals surface area contributed by atoms with Crippen LogP contribution >= 0.6 is 0 Å². The predicted octanol–water partition coefficient (Wildman–Crippen LogP) is 4.22. The summed E-state index contributed by atoms with van der Waals surface area (Å²) in [4.78, 5) is 19.8. The molecule has 0 spiro atoms. The third kappa shape index (κ3) is 4.18. The van der Waals surface area contributed by atoms with Crippen molar-refractivity contribution in [2.24, 2.45) is 0 Å². The Labute approximate surface area is 188 Å². The van der Waals surface area contributed by atoms with Crippen molar-refractivity contribution in [1.29, 1.82) is 10.7 Å². The number of Topliss-reactive ketones (excluding diaryl/α,β-unsaturated/α-hetero) is 1. The van der Waals surface area contributed by atoms with Crippen molar-refractivity contribution >= 4 is 17.3 Å². The molecule has 2 aromatic rings. The van der Waals surface area contributed by atoms with Crippen molar-refractivity contribution in [3.63, 3.8) is 0 Å². The highest BCUT2D eigenvalue weighted by atomic mass is 16.5. The van der Waals surface area contributed by atoms with Gasteiger partial charge in [0.05, 0.1) is 25.4 Å². The molecule has 2 aliphatic rings. The summed E-state index contributed by atoms with van der Waals surface area (Å²) < 4.78 is 5.63. The van der Waals surface area contributed by atoms with Crippen LogP contribution in [0, 0.1) is 16.7 Å². The van der Waals surface area contributed by atoms with E-state index in [1.807, 2.05) is 12.1 Å². The molecule has 166 valence electrons. The second-order valence-corrected chi connectivity index (χ2v) is 9.51. The molecule has 0 unspecified atom stereocenters. The van der Waals surface area contributed by atoms with E-state index < -0.39 is 0 Å². The van der Waals surface area contributed by atoms with E-state index in [0.717, 1.165) is 29.7 Å². The monoisotopic (exact) mass is 431 g/mol. The molecule has 0 atom stereocenters. The lowest BCUT2D eigenvalue weighted by Crippen LogP contribution is -2.30. The van der Waals surface area contributed by atoms with Crippen molar-refractivity contribution < 1.29 is 9.53 Å². The van der Waals surface area contributed by atoms with E-state index in [1.165, 1.54) is 0 Å². The first-order valence-corrected chi connectivity index (χ1v) is 10.9. The van der Waals surface area contributed by atoms with Crippen LogP contribution in [0.15, 0.2) is 24.3 Å². The average Bonchev–Trinajstić information content (AvgIpc) is 3.56. The van der Waals surface area contributed by atoms with Gasteiger partial charge in [0.2, 0.25) is 0 Å². The number of benzene rings is 1. The predicted molar refractivity (Wildman–Crippen MR) is 124 cm³/mol. The molecule has 1 aromatic carbocycles. The number of carbonyl (C=O) groups excluding carboxylic acids is 1. The lowest BCUT2D eigenvalue weighted by atomic mass is 9.84. The van der Waals surface area contributed by atoms with Crippen LogP contribution < -0.4 is 10.1 Å². The summed E-state index contributed by atoms with van der Waals surface area (Å²) in [7, 11) is 1.59. The fourth-order valence-corrected chi connectivity index (χ4v) is 4.11. The van der Waals surface area contributed by atoms with Gasteiger partial charge in [-0.05, 0) is 36.5 Å². The number of carbonyl (C=O) groups is 1. The number of nitrogens with zero attached hydrogens (tertiary/aromatic N) is 3. The molecule has 1 saturated carbocycles. The first kappa shape index (κ1) is 21.8. The summed E-state index contributed by atoms with van der Waals surface area (Å²) in [5.41, 5.74) is 4.54. The Hall–Kier alpha value is -3.40. The SMILES string of the molecule is COc1c(NCC#N)cc(C(=O)CN2Cc3ccc(C4CC4)nc3C2=N)cc1C(C)(C)C. The van der Waals surface area contributed by atoms with Gasteiger partial charge in [-0.3, -0.25) is 10.2 Å². The number of ether oxygens (including phenoxy) is 1. The van der Waals surface area contributed by atoms with Gasteiger partial charge in [0.25, 0.3) is 0 Å². The van der Waals surface area contributed by atoms with Gasteiger partial charge in [0.1, 0.15) is 23.8 Å². The molecular formula is C25H29N5O2. The Balaban J connectivity index is 1.60. The van der Waals surface area contributed by atoms with E-state index in [-0.39, 0.29) is 24.3 Å². The highest BCUT2D eigenvalue weighted by Gasteiger charge is 2.32. The molecule has 1 aliphatic heterocycles. The van der Waals surface area contributed by atoms with Crippen molar-refractivity contribution in [3.8, 4) is 11.8 Å². The minimum absolute atomic E-state index is 0.0851. The van der Waals surface area contributed by atoms with Crippen molar-refractivity contribution in [2.75, 3.05) is 25.5 Å². The van der Waals surface area contributed by atoms with Gasteiger partial charge in [0.15, 0.2) is 5.78 Å². The van der Waals surface area contributed by atoms with Crippen LogP contribution in [-0.4, -0.2) is 41.7 Å². The Morgan fingerprint density at radius 1 is 1.34 bits per heavy atom. The van der Waals surface area contributed by atoms with Gasteiger partial charge in [-0.2, -0.15) is 5.26 Å². The van der Waals surface area contributed by atoms with E-state index in [2.05, 4.69) is 38.2 Å². The van der Waals surface area contributed by atoms with Crippen molar-refractivity contribution in [2.45, 2.75) is 51.5 Å². The zero-order valence-electron chi connectivity index (χ0n) is 19.1. The van der Waals surface area contributed by atoms with E-state index in [9.17, 15) is 4.79 Å². The number of nitriles is 1. The quantitative estimate of drug-likeness (QED) is 0.503. The summed E-state index contributed by atoms with van der Waals surface area (Å²) in [6, 6.07) is 9.78. The van der Waals surface area contributed by atoms with Crippen LogP contribution in [0.5, 0.6) is 5.75 Å². The number of pyridine rings is 1. The highest BCUT2D eigenvalue weighted by Crippen LogP contribution is 2.40. The lowest BCUT2D eigenvalue weighted by molar-refractivity contribution is 0.0962. The number of hydrogen-bond acceptors (Lipinski definition) is 6. The number of amidine groups is 1. The zero-order chi connectivity index (χ0) is 23.0. The number of fused-ring (bicyclic) bond motifs is 1. The van der Waals surface area contributed by atoms with Gasteiger partial charge >= 0.3 is 0 Å². The normalized spacial score (nSPS) is 15.3. The molecule has 7 heteroatoms. The molecule has 1 aromatic heterocycles. The maximum atomic E-state index is 13.3. The van der Waals surface area contributed by atoms with Crippen molar-refractivity contribution in [3.05, 3.63) is 52.3 Å². The first-order valence-electron chi connectivity index (χ1n) is 10.9. The zero-order valence-corrected chi connectivity index (χ0v) is 19.1. The number of hydrogen-bond donors (Lipinski definition) is 2. The Morgan fingerprint density at radius 2 is 2.09 bits per heavy atom. The largest absolute Gasteiger partial charge is 0.494 e. The van der Waals surface area contributed by atoms with Gasteiger partial charge in [-0.25, -0.2) is 4.98 Å². The number of aromatic nitrogens is 1. The van der Waals surface area contributed by atoms with Gasteiger partial charge in [-0.1, -0.05) is 26.8 Å². The lowest BCUT2D eigenvalue weighted by Gasteiger charge is -2.25. The average molecular weight is 432 g/mol. The molecule has 1 aliphatic carbocycles. The van der Waals surface area contributed by atoms with Crippen LogP contribution in [-0.2, 0) is 12.0 Å². The van der Waals surface area contributed by atoms with E-state index in [1.54, 1.807) is 18.1 Å². The molecule has 0 amide bonds. The Kier molecular flexibility index (Phi) is 5.64. The number of ketones is 1. The summed E-state index contributed by atoms with van der Waals surface area (Å²) in [5.74, 6) is 1.39. The maximum absolute atomic E-state index is 13.3. The number of rotatable bonds is 7. The molecule has 2 heterocycles. The number of nitrogens with one attached hydrogen (secondary N) is 2.